The summed E-state index contributed by atoms with van der Waals surface area (Å²) in [5.74, 6) is -1.38. The predicted molar refractivity (Wildman–Crippen MR) is 65.0 cm³/mol. The van der Waals surface area contributed by atoms with Crippen LogP contribution in [-0.2, 0) is 17.5 Å². The lowest BCUT2D eigenvalue weighted by molar-refractivity contribution is -0.146. The molecule has 2 aromatic heterocycles. The van der Waals surface area contributed by atoms with Gasteiger partial charge in [0.15, 0.2) is 0 Å². The molecular weight excluding hydrogens is 295 g/mol. The van der Waals surface area contributed by atoms with Crippen molar-refractivity contribution in [3.05, 3.63) is 10.8 Å². The lowest BCUT2D eigenvalue weighted by Crippen LogP contribution is -2.34. The van der Waals surface area contributed by atoms with E-state index < -0.39 is 17.4 Å². The molecule has 2 rings (SSSR count). The fraction of sp³-hybridized carbons (Fsp3) is 0.600. The van der Waals surface area contributed by atoms with Crippen LogP contribution >= 0.6 is 11.3 Å². The minimum absolute atomic E-state index is 0.0392. The van der Waals surface area contributed by atoms with E-state index in [4.69, 9.17) is 0 Å². The molecule has 0 aliphatic carbocycles. The minimum atomic E-state index is -4.61. The van der Waals surface area contributed by atoms with Crippen LogP contribution in [0.15, 0.2) is 0 Å². The van der Waals surface area contributed by atoms with Gasteiger partial charge < -0.3 is 5.32 Å². The largest absolute Gasteiger partial charge is 0.453 e. The maximum absolute atomic E-state index is 12.6. The molecule has 2 aromatic rings. The number of carbonyl (C=O) groups is 1. The molecule has 0 spiro atoms. The number of halogens is 3. The highest BCUT2D eigenvalue weighted by molar-refractivity contribution is 7.16. The van der Waals surface area contributed by atoms with E-state index in [-0.39, 0.29) is 17.4 Å². The lowest BCUT2D eigenvalue weighted by Gasteiger charge is -2.16. The monoisotopic (exact) mass is 307 g/mol. The molecule has 0 aromatic carbocycles. The Morgan fingerprint density at radius 3 is 2.50 bits per heavy atom. The van der Waals surface area contributed by atoms with Gasteiger partial charge >= 0.3 is 6.18 Å². The van der Waals surface area contributed by atoms with Crippen molar-refractivity contribution in [3.63, 3.8) is 0 Å². The number of carbonyl (C=O) groups excluding carboxylic acids is 1. The van der Waals surface area contributed by atoms with Crippen LogP contribution in [0, 0.1) is 5.41 Å². The lowest BCUT2D eigenvalue weighted by atomic mass is 9.96. The molecule has 10 heteroatoms. The van der Waals surface area contributed by atoms with Crippen LogP contribution < -0.4 is 5.32 Å². The summed E-state index contributed by atoms with van der Waals surface area (Å²) in [5.41, 5.74) is -0.573. The van der Waals surface area contributed by atoms with Gasteiger partial charge in [0.1, 0.15) is 5.01 Å². The van der Waals surface area contributed by atoms with Gasteiger partial charge in [-0.2, -0.15) is 22.8 Å². The zero-order chi connectivity index (χ0) is 15.1. The van der Waals surface area contributed by atoms with Gasteiger partial charge in [-0.25, -0.2) is 0 Å². The van der Waals surface area contributed by atoms with E-state index >= 15 is 0 Å². The number of rotatable bonds is 2. The van der Waals surface area contributed by atoms with E-state index in [1.165, 1.54) is 0 Å². The first-order valence-electron chi connectivity index (χ1n) is 5.65. The van der Waals surface area contributed by atoms with E-state index in [1.54, 1.807) is 20.8 Å². The Balaban J connectivity index is 2.17. The molecule has 1 N–H and O–H groups in total. The normalized spacial score (nSPS) is 12.9. The Morgan fingerprint density at radius 1 is 1.30 bits per heavy atom. The van der Waals surface area contributed by atoms with Crippen LogP contribution in [0.25, 0.3) is 4.96 Å². The molecule has 0 radical (unpaired) electrons. The summed E-state index contributed by atoms with van der Waals surface area (Å²) in [7, 11) is 0. The van der Waals surface area contributed by atoms with Gasteiger partial charge in [-0.1, -0.05) is 32.1 Å². The first-order chi connectivity index (χ1) is 9.09. The highest BCUT2D eigenvalue weighted by Crippen LogP contribution is 2.28. The molecule has 0 aliphatic rings. The first-order valence-corrected chi connectivity index (χ1v) is 6.47. The third-order valence-corrected chi connectivity index (χ3v) is 3.27. The summed E-state index contributed by atoms with van der Waals surface area (Å²) >= 11 is 0.950. The van der Waals surface area contributed by atoms with Crippen LogP contribution in [0.1, 0.15) is 31.6 Å². The Kier molecular flexibility index (Phi) is 3.44. The van der Waals surface area contributed by atoms with E-state index in [9.17, 15) is 18.0 Å². The molecule has 20 heavy (non-hydrogen) atoms. The summed E-state index contributed by atoms with van der Waals surface area (Å²) in [6.07, 6.45) is -4.61. The molecule has 1 amide bonds. The molecule has 0 atom stereocenters. The van der Waals surface area contributed by atoms with Gasteiger partial charge in [0, 0.05) is 5.41 Å². The summed E-state index contributed by atoms with van der Waals surface area (Å²) in [4.78, 5) is 11.7. The number of aromatic nitrogens is 4. The van der Waals surface area contributed by atoms with Crippen LogP contribution in [0.3, 0.4) is 0 Å². The summed E-state index contributed by atoms with van der Waals surface area (Å²) < 4.78 is 38.4. The van der Waals surface area contributed by atoms with Gasteiger partial charge in [0.05, 0.1) is 6.54 Å². The fourth-order valence-electron chi connectivity index (χ4n) is 1.33. The summed E-state index contributed by atoms with van der Waals surface area (Å²) in [6.45, 7) is 5.27. The van der Waals surface area contributed by atoms with Crippen molar-refractivity contribution in [1.29, 1.82) is 0 Å². The average Bonchev–Trinajstić information content (AvgIpc) is 2.81. The van der Waals surface area contributed by atoms with E-state index in [1.807, 2.05) is 0 Å². The second kappa shape index (κ2) is 4.69. The van der Waals surface area contributed by atoms with Crippen LogP contribution in [0.2, 0.25) is 0 Å². The van der Waals surface area contributed by atoms with Gasteiger partial charge in [-0.3, -0.25) is 4.79 Å². The predicted octanol–water partition coefficient (Wildman–Crippen LogP) is 1.87. The van der Waals surface area contributed by atoms with Gasteiger partial charge in [0.2, 0.25) is 10.9 Å². The topological polar surface area (TPSA) is 72.2 Å². The smallest absolute Gasteiger partial charge is 0.349 e. The fourth-order valence-corrected chi connectivity index (χ4v) is 2.10. The second-order valence-corrected chi connectivity index (χ2v) is 6.18. The number of fused-ring (bicyclic) bond motifs is 1. The van der Waals surface area contributed by atoms with Gasteiger partial charge in [0.25, 0.3) is 5.82 Å². The van der Waals surface area contributed by atoms with Crippen LogP contribution in [0.5, 0.6) is 0 Å². The third-order valence-electron chi connectivity index (χ3n) is 2.37. The Labute approximate surface area is 116 Å². The Bertz CT molecular complexity index is 639. The first kappa shape index (κ1) is 14.7. The van der Waals surface area contributed by atoms with Crippen molar-refractivity contribution in [2.45, 2.75) is 33.5 Å². The minimum Gasteiger partial charge on any atom is -0.349 e. The zero-order valence-corrected chi connectivity index (χ0v) is 11.8. The van der Waals surface area contributed by atoms with E-state index in [0.29, 0.717) is 9.52 Å². The average molecular weight is 307 g/mol. The van der Waals surface area contributed by atoms with Crippen molar-refractivity contribution >= 4 is 22.2 Å². The Hall–Kier alpha value is -1.71. The Morgan fingerprint density at radius 2 is 1.95 bits per heavy atom. The highest BCUT2D eigenvalue weighted by atomic mass is 32.1. The molecule has 0 fully saturated rings. The van der Waals surface area contributed by atoms with Gasteiger partial charge in [-0.15, -0.1) is 10.2 Å². The van der Waals surface area contributed by atoms with Crippen molar-refractivity contribution in [3.8, 4) is 0 Å². The molecule has 2 heterocycles. The molecular formula is C10H12F3N5OS. The van der Waals surface area contributed by atoms with Crippen molar-refractivity contribution < 1.29 is 18.0 Å². The molecule has 0 bridgehead atoms. The maximum atomic E-state index is 12.6. The number of hydrogen-bond donors (Lipinski definition) is 1. The van der Waals surface area contributed by atoms with Crippen LogP contribution in [0.4, 0.5) is 13.2 Å². The number of nitrogens with zero attached hydrogens (tertiary/aromatic N) is 4. The SMILES string of the molecule is CC(C)(C)C(=O)NCc1nn2c(C(F)(F)F)nnc2s1. The van der Waals surface area contributed by atoms with Crippen molar-refractivity contribution in [2.75, 3.05) is 0 Å². The number of alkyl halides is 3. The standard InChI is InChI=1S/C10H12F3N5OS/c1-9(2,3)7(19)14-4-5-17-18-6(10(11,12)13)15-16-8(18)20-5/h4H2,1-3H3,(H,14,19). The number of amides is 1. The molecule has 0 unspecified atom stereocenters. The summed E-state index contributed by atoms with van der Waals surface area (Å²) in [6, 6.07) is 0. The number of nitrogens with one attached hydrogen (secondary N) is 1. The molecule has 0 saturated carbocycles. The van der Waals surface area contributed by atoms with Crippen LogP contribution in [-0.4, -0.2) is 25.7 Å². The van der Waals surface area contributed by atoms with Gasteiger partial charge in [-0.05, 0) is 0 Å². The molecule has 0 saturated heterocycles. The number of hydrogen-bond acceptors (Lipinski definition) is 5. The third kappa shape index (κ3) is 2.89. The zero-order valence-electron chi connectivity index (χ0n) is 10.9. The second-order valence-electron chi connectivity index (χ2n) is 5.14. The molecule has 0 aliphatic heterocycles. The van der Waals surface area contributed by atoms with Crippen molar-refractivity contribution in [2.24, 2.45) is 5.41 Å². The summed E-state index contributed by atoms with van der Waals surface area (Å²) in [5, 5.41) is 13.2. The molecule has 110 valence electrons. The highest BCUT2D eigenvalue weighted by Gasteiger charge is 2.38. The van der Waals surface area contributed by atoms with E-state index in [0.717, 1.165) is 11.3 Å². The van der Waals surface area contributed by atoms with Crippen molar-refractivity contribution in [1.82, 2.24) is 25.1 Å². The quantitative estimate of drug-likeness (QED) is 0.919. The maximum Gasteiger partial charge on any atom is 0.453 e. The molecule has 6 nitrogen and oxygen atoms in total. The van der Waals surface area contributed by atoms with E-state index in [2.05, 4.69) is 20.6 Å².